The van der Waals surface area contributed by atoms with E-state index in [9.17, 15) is 4.79 Å². The number of furan rings is 1. The largest absolute Gasteiger partial charge is 0.442 e. The number of hydrogen-bond acceptors (Lipinski definition) is 4. The molecule has 2 rings (SSSR count). The number of rotatable bonds is 1. The van der Waals surface area contributed by atoms with Gasteiger partial charge >= 0.3 is 0 Å². The summed E-state index contributed by atoms with van der Waals surface area (Å²) < 4.78 is 5.32. The third-order valence-electron chi connectivity index (χ3n) is 2.45. The van der Waals surface area contributed by atoms with Gasteiger partial charge in [0.15, 0.2) is 5.58 Å². The molecular formula is C13H13N3O2. The van der Waals surface area contributed by atoms with Crippen molar-refractivity contribution in [3.63, 3.8) is 0 Å². The van der Waals surface area contributed by atoms with Gasteiger partial charge in [-0.2, -0.15) is 5.26 Å². The summed E-state index contributed by atoms with van der Waals surface area (Å²) in [5.74, 6) is 0.0554. The molecule has 0 atom stereocenters. The van der Waals surface area contributed by atoms with E-state index in [1.54, 1.807) is 18.3 Å². The highest BCUT2D eigenvalue weighted by atomic mass is 16.3. The number of carbonyl (C=O) groups excluding carboxylic acids is 1. The number of nitrogens with zero attached hydrogens (tertiary/aromatic N) is 2. The fraction of sp³-hybridized carbons (Fsp3) is 0.308. The fourth-order valence-corrected chi connectivity index (χ4v) is 1.40. The first-order valence-corrected chi connectivity index (χ1v) is 5.52. The van der Waals surface area contributed by atoms with Gasteiger partial charge in [-0.25, -0.2) is 0 Å². The molecule has 0 aliphatic heterocycles. The van der Waals surface area contributed by atoms with Crippen molar-refractivity contribution in [3.8, 4) is 6.07 Å². The van der Waals surface area contributed by atoms with E-state index in [1.165, 1.54) is 0 Å². The van der Waals surface area contributed by atoms with Crippen LogP contribution in [0.3, 0.4) is 0 Å². The minimum absolute atomic E-state index is 0.120. The van der Waals surface area contributed by atoms with Gasteiger partial charge in [0, 0.05) is 17.7 Å². The molecule has 1 amide bonds. The molecule has 0 saturated heterocycles. The van der Waals surface area contributed by atoms with E-state index in [0.29, 0.717) is 16.8 Å². The normalized spacial score (nSPS) is 11.2. The molecule has 2 heterocycles. The monoisotopic (exact) mass is 243 g/mol. The van der Waals surface area contributed by atoms with E-state index in [-0.39, 0.29) is 11.7 Å². The van der Waals surface area contributed by atoms with Gasteiger partial charge in [-0.3, -0.25) is 9.78 Å². The van der Waals surface area contributed by atoms with Crippen LogP contribution >= 0.6 is 0 Å². The quantitative estimate of drug-likeness (QED) is 0.835. The molecular weight excluding hydrogens is 230 g/mol. The van der Waals surface area contributed by atoms with E-state index >= 15 is 0 Å². The molecule has 2 aromatic rings. The minimum Gasteiger partial charge on any atom is -0.442 e. The van der Waals surface area contributed by atoms with Gasteiger partial charge in [-0.15, -0.1) is 0 Å². The molecule has 5 nitrogen and oxygen atoms in total. The number of amides is 1. The van der Waals surface area contributed by atoms with E-state index in [4.69, 9.17) is 9.68 Å². The van der Waals surface area contributed by atoms with Crippen LogP contribution in [0.1, 0.15) is 26.5 Å². The minimum atomic E-state index is -0.500. The van der Waals surface area contributed by atoms with Crippen molar-refractivity contribution in [1.29, 1.82) is 5.26 Å². The maximum absolute atomic E-state index is 11.9. The average Bonchev–Trinajstić information content (AvgIpc) is 2.71. The summed E-state index contributed by atoms with van der Waals surface area (Å²) in [5.41, 5.74) is 1.01. The maximum atomic E-state index is 11.9. The molecule has 18 heavy (non-hydrogen) atoms. The zero-order chi connectivity index (χ0) is 13.3. The Kier molecular flexibility index (Phi) is 2.79. The van der Waals surface area contributed by atoms with Gasteiger partial charge in [-0.05, 0) is 6.07 Å². The van der Waals surface area contributed by atoms with Crippen molar-refractivity contribution >= 4 is 22.7 Å². The first kappa shape index (κ1) is 12.1. The number of carbonyl (C=O) groups is 1. The Labute approximate surface area is 104 Å². The lowest BCUT2D eigenvalue weighted by atomic mass is 9.95. The number of nitriles is 1. The first-order valence-electron chi connectivity index (χ1n) is 5.52. The molecule has 0 aliphatic carbocycles. The first-order chi connectivity index (χ1) is 8.41. The number of aromatic nitrogens is 1. The topological polar surface area (TPSA) is 78.9 Å². The van der Waals surface area contributed by atoms with E-state index < -0.39 is 5.41 Å². The molecule has 0 aliphatic rings. The maximum Gasteiger partial charge on any atom is 0.229 e. The van der Waals surface area contributed by atoms with Gasteiger partial charge in [0.25, 0.3) is 0 Å². The second kappa shape index (κ2) is 4.15. The highest BCUT2D eigenvalue weighted by Crippen LogP contribution is 2.26. The Morgan fingerprint density at radius 3 is 2.83 bits per heavy atom. The number of fused-ring (bicyclic) bond motifs is 1. The van der Waals surface area contributed by atoms with E-state index in [0.717, 1.165) is 0 Å². The van der Waals surface area contributed by atoms with Gasteiger partial charge in [0.05, 0.1) is 5.69 Å². The number of pyridine rings is 1. The molecule has 1 N–H and O–H groups in total. The predicted molar refractivity (Wildman–Crippen MR) is 66.8 cm³/mol. The van der Waals surface area contributed by atoms with Crippen molar-refractivity contribution in [2.24, 2.45) is 5.41 Å². The number of anilines is 1. The van der Waals surface area contributed by atoms with Crippen molar-refractivity contribution in [3.05, 3.63) is 24.1 Å². The van der Waals surface area contributed by atoms with Crippen molar-refractivity contribution in [2.75, 3.05) is 5.32 Å². The summed E-state index contributed by atoms with van der Waals surface area (Å²) in [6, 6.07) is 5.10. The van der Waals surface area contributed by atoms with E-state index in [1.807, 2.05) is 26.8 Å². The molecule has 0 spiro atoms. The van der Waals surface area contributed by atoms with Gasteiger partial charge in [0.1, 0.15) is 11.6 Å². The second-order valence-electron chi connectivity index (χ2n) is 5.00. The summed E-state index contributed by atoms with van der Waals surface area (Å²) >= 11 is 0. The van der Waals surface area contributed by atoms with Gasteiger partial charge < -0.3 is 9.73 Å². The molecule has 5 heteroatoms. The van der Waals surface area contributed by atoms with Crippen LogP contribution in [0.5, 0.6) is 0 Å². The average molecular weight is 243 g/mol. The van der Waals surface area contributed by atoms with Gasteiger partial charge in [-0.1, -0.05) is 20.8 Å². The Balaban J connectivity index is 2.43. The summed E-state index contributed by atoms with van der Waals surface area (Å²) in [7, 11) is 0. The third-order valence-corrected chi connectivity index (χ3v) is 2.45. The van der Waals surface area contributed by atoms with Crippen molar-refractivity contribution < 1.29 is 9.21 Å². The predicted octanol–water partition coefficient (Wildman–Crippen LogP) is 2.68. The zero-order valence-electron chi connectivity index (χ0n) is 10.4. The lowest BCUT2D eigenvalue weighted by Gasteiger charge is -2.17. The van der Waals surface area contributed by atoms with E-state index in [2.05, 4.69) is 10.3 Å². The molecule has 0 bridgehead atoms. The van der Waals surface area contributed by atoms with Crippen LogP contribution in [0.25, 0.3) is 11.1 Å². The van der Waals surface area contributed by atoms with Crippen LogP contribution in [0.4, 0.5) is 5.69 Å². The zero-order valence-corrected chi connectivity index (χ0v) is 10.4. The van der Waals surface area contributed by atoms with Crippen LogP contribution in [0.2, 0.25) is 0 Å². The molecule has 92 valence electrons. The summed E-state index contributed by atoms with van der Waals surface area (Å²) in [5, 5.41) is 11.6. The molecule has 0 unspecified atom stereocenters. The summed E-state index contributed by atoms with van der Waals surface area (Å²) in [6.45, 7) is 5.47. The summed E-state index contributed by atoms with van der Waals surface area (Å²) in [4.78, 5) is 16.0. The van der Waals surface area contributed by atoms with Crippen LogP contribution < -0.4 is 5.32 Å². The van der Waals surface area contributed by atoms with Crippen LogP contribution in [0, 0.1) is 16.7 Å². The SMILES string of the molecule is CC(C)(C)C(=O)Nc1ccnc2cc(C#N)oc12. The van der Waals surface area contributed by atoms with Crippen molar-refractivity contribution in [1.82, 2.24) is 4.98 Å². The highest BCUT2D eigenvalue weighted by Gasteiger charge is 2.22. The second-order valence-corrected chi connectivity index (χ2v) is 5.00. The number of nitrogens with one attached hydrogen (secondary N) is 1. The molecule has 0 radical (unpaired) electrons. The Morgan fingerprint density at radius 2 is 2.22 bits per heavy atom. The van der Waals surface area contributed by atoms with Crippen molar-refractivity contribution in [2.45, 2.75) is 20.8 Å². The molecule has 0 aromatic carbocycles. The third kappa shape index (κ3) is 2.18. The smallest absolute Gasteiger partial charge is 0.229 e. The number of hydrogen-bond donors (Lipinski definition) is 1. The lowest BCUT2D eigenvalue weighted by molar-refractivity contribution is -0.123. The van der Waals surface area contributed by atoms with Crippen LogP contribution in [-0.2, 0) is 4.79 Å². The van der Waals surface area contributed by atoms with Crippen LogP contribution in [0.15, 0.2) is 22.7 Å². The van der Waals surface area contributed by atoms with Crippen LogP contribution in [-0.4, -0.2) is 10.9 Å². The highest BCUT2D eigenvalue weighted by molar-refractivity contribution is 6.00. The summed E-state index contributed by atoms with van der Waals surface area (Å²) in [6.07, 6.45) is 1.57. The molecule has 2 aromatic heterocycles. The van der Waals surface area contributed by atoms with Gasteiger partial charge in [0.2, 0.25) is 11.7 Å². The Hall–Kier alpha value is -2.35. The fourth-order valence-electron chi connectivity index (χ4n) is 1.40. The lowest BCUT2D eigenvalue weighted by Crippen LogP contribution is -2.27. The Bertz CT molecular complexity index is 644. The molecule has 0 saturated carbocycles. The molecule has 0 fully saturated rings. The Morgan fingerprint density at radius 1 is 1.50 bits per heavy atom. The standard InChI is InChI=1S/C13H13N3O2/c1-13(2,3)12(17)16-9-4-5-15-10-6-8(7-14)18-11(9)10/h4-6H,1-3H3,(H,15,16,17).